The Bertz CT molecular complexity index is 596. The summed E-state index contributed by atoms with van der Waals surface area (Å²) in [6.07, 6.45) is 1.48. The molecule has 0 radical (unpaired) electrons. The average Bonchev–Trinajstić information content (AvgIpc) is 2.53. The quantitative estimate of drug-likeness (QED) is 0.849. The molecule has 0 amide bonds. The minimum Gasteiger partial charge on any atom is -0.497 e. The summed E-state index contributed by atoms with van der Waals surface area (Å²) in [5.74, 6) is 0.156. The van der Waals surface area contributed by atoms with E-state index in [9.17, 15) is 9.90 Å². The van der Waals surface area contributed by atoms with Gasteiger partial charge in [-0.3, -0.25) is 0 Å². The highest BCUT2D eigenvalue weighted by atomic mass is 16.5. The molecule has 0 spiro atoms. The zero-order chi connectivity index (χ0) is 15.2. The first-order valence-corrected chi connectivity index (χ1v) is 6.27. The molecular weight excluding hydrogens is 272 g/mol. The highest BCUT2D eigenvalue weighted by Crippen LogP contribution is 2.22. The van der Waals surface area contributed by atoms with Gasteiger partial charge in [-0.25, -0.2) is 9.78 Å². The number of benzene rings is 1. The van der Waals surface area contributed by atoms with Crippen LogP contribution in [0, 0.1) is 0 Å². The van der Waals surface area contributed by atoms with E-state index in [0.717, 1.165) is 0 Å². The van der Waals surface area contributed by atoms with E-state index in [4.69, 9.17) is 9.47 Å². The Morgan fingerprint density at radius 3 is 2.33 bits per heavy atom. The Kier molecular flexibility index (Phi) is 4.61. The minimum absolute atomic E-state index is 0.437. The maximum Gasteiger partial charge on any atom is 0.330 e. The van der Waals surface area contributed by atoms with E-state index >= 15 is 0 Å². The molecule has 2 rings (SSSR count). The number of nitrogens with zero attached hydrogens (tertiary/aromatic N) is 1. The van der Waals surface area contributed by atoms with Gasteiger partial charge in [0.1, 0.15) is 5.75 Å². The first-order chi connectivity index (χ1) is 10.1. The van der Waals surface area contributed by atoms with Crippen molar-refractivity contribution in [3.05, 3.63) is 48.2 Å². The SMILES string of the molecule is COc1ccc(NC(C(=O)O)c2ccc(OC)nc2)cc1. The predicted molar refractivity (Wildman–Crippen MR) is 77.8 cm³/mol. The number of carboxylic acid groups (broad SMARTS) is 1. The topological polar surface area (TPSA) is 80.7 Å². The van der Waals surface area contributed by atoms with Crippen molar-refractivity contribution < 1.29 is 19.4 Å². The van der Waals surface area contributed by atoms with E-state index in [0.29, 0.717) is 22.9 Å². The number of ether oxygens (including phenoxy) is 2. The second-order valence-corrected chi connectivity index (χ2v) is 4.28. The van der Waals surface area contributed by atoms with Crippen LogP contribution in [-0.4, -0.2) is 30.3 Å². The van der Waals surface area contributed by atoms with Crippen LogP contribution in [0.25, 0.3) is 0 Å². The first kappa shape index (κ1) is 14.6. The van der Waals surface area contributed by atoms with Gasteiger partial charge in [0.15, 0.2) is 6.04 Å². The molecule has 110 valence electrons. The van der Waals surface area contributed by atoms with Crippen LogP contribution in [0.1, 0.15) is 11.6 Å². The van der Waals surface area contributed by atoms with E-state index in [1.807, 2.05) is 0 Å². The maximum atomic E-state index is 11.4. The van der Waals surface area contributed by atoms with Gasteiger partial charge in [0.2, 0.25) is 5.88 Å². The Morgan fingerprint density at radius 1 is 1.14 bits per heavy atom. The summed E-state index contributed by atoms with van der Waals surface area (Å²) in [6, 6.07) is 9.43. The number of rotatable bonds is 6. The molecule has 1 heterocycles. The van der Waals surface area contributed by atoms with Crippen molar-refractivity contribution in [1.82, 2.24) is 4.98 Å². The summed E-state index contributed by atoms with van der Waals surface area (Å²) in [5.41, 5.74) is 1.22. The summed E-state index contributed by atoms with van der Waals surface area (Å²) in [5, 5.41) is 12.3. The largest absolute Gasteiger partial charge is 0.497 e. The number of carboxylic acids is 1. The molecule has 2 aromatic rings. The summed E-state index contributed by atoms with van der Waals surface area (Å²) >= 11 is 0. The summed E-state index contributed by atoms with van der Waals surface area (Å²) in [7, 11) is 3.08. The number of pyridine rings is 1. The van der Waals surface area contributed by atoms with Crippen LogP contribution >= 0.6 is 0 Å². The number of hydrogen-bond donors (Lipinski definition) is 2. The molecule has 0 bridgehead atoms. The molecule has 1 aromatic carbocycles. The number of methoxy groups -OCH3 is 2. The van der Waals surface area contributed by atoms with Crippen LogP contribution in [0.3, 0.4) is 0 Å². The van der Waals surface area contributed by atoms with Gasteiger partial charge in [-0.1, -0.05) is 0 Å². The third-order valence-electron chi connectivity index (χ3n) is 2.95. The fourth-order valence-electron chi connectivity index (χ4n) is 1.82. The standard InChI is InChI=1S/C15H16N2O4/c1-20-12-6-4-11(5-7-12)17-14(15(18)19)10-3-8-13(21-2)16-9-10/h3-9,14,17H,1-2H3,(H,18,19). The monoisotopic (exact) mass is 288 g/mol. The van der Waals surface area contributed by atoms with Crippen LogP contribution in [0.2, 0.25) is 0 Å². The molecule has 0 aliphatic heterocycles. The van der Waals surface area contributed by atoms with Crippen molar-refractivity contribution in [3.8, 4) is 11.6 Å². The van der Waals surface area contributed by atoms with Gasteiger partial charge in [-0.05, 0) is 30.3 Å². The van der Waals surface area contributed by atoms with E-state index in [1.165, 1.54) is 13.3 Å². The Labute approximate surface area is 122 Å². The summed E-state index contributed by atoms with van der Waals surface area (Å²) in [6.45, 7) is 0. The second-order valence-electron chi connectivity index (χ2n) is 4.28. The average molecular weight is 288 g/mol. The predicted octanol–water partition coefficient (Wildman–Crippen LogP) is 2.34. The molecule has 1 aromatic heterocycles. The van der Waals surface area contributed by atoms with E-state index in [2.05, 4.69) is 10.3 Å². The van der Waals surface area contributed by atoms with E-state index in [1.54, 1.807) is 43.5 Å². The normalized spacial score (nSPS) is 11.5. The lowest BCUT2D eigenvalue weighted by Gasteiger charge is -2.16. The zero-order valence-electron chi connectivity index (χ0n) is 11.7. The molecule has 6 nitrogen and oxygen atoms in total. The minimum atomic E-state index is -0.988. The lowest BCUT2D eigenvalue weighted by Crippen LogP contribution is -2.20. The molecule has 0 saturated carbocycles. The third-order valence-corrected chi connectivity index (χ3v) is 2.95. The molecule has 1 unspecified atom stereocenters. The lowest BCUT2D eigenvalue weighted by molar-refractivity contribution is -0.138. The fourth-order valence-corrected chi connectivity index (χ4v) is 1.82. The Balaban J connectivity index is 2.19. The molecule has 0 aliphatic carbocycles. The van der Waals surface area contributed by atoms with Gasteiger partial charge < -0.3 is 19.9 Å². The first-order valence-electron chi connectivity index (χ1n) is 6.27. The van der Waals surface area contributed by atoms with Gasteiger partial charge in [0.25, 0.3) is 0 Å². The van der Waals surface area contributed by atoms with Crippen molar-refractivity contribution in [2.45, 2.75) is 6.04 Å². The number of anilines is 1. The van der Waals surface area contributed by atoms with Crippen molar-refractivity contribution in [2.75, 3.05) is 19.5 Å². The Hall–Kier alpha value is -2.76. The molecule has 6 heteroatoms. The van der Waals surface area contributed by atoms with Crippen molar-refractivity contribution >= 4 is 11.7 Å². The van der Waals surface area contributed by atoms with Crippen LogP contribution < -0.4 is 14.8 Å². The number of carbonyl (C=O) groups is 1. The van der Waals surface area contributed by atoms with Crippen molar-refractivity contribution in [1.29, 1.82) is 0 Å². The van der Waals surface area contributed by atoms with Crippen LogP contribution in [0.15, 0.2) is 42.6 Å². The molecule has 0 saturated heterocycles. The lowest BCUT2D eigenvalue weighted by atomic mass is 10.1. The fraction of sp³-hybridized carbons (Fsp3) is 0.200. The zero-order valence-corrected chi connectivity index (χ0v) is 11.7. The second kappa shape index (κ2) is 6.60. The highest BCUT2D eigenvalue weighted by molar-refractivity contribution is 5.79. The molecule has 0 aliphatic rings. The van der Waals surface area contributed by atoms with Crippen molar-refractivity contribution in [2.24, 2.45) is 0 Å². The van der Waals surface area contributed by atoms with Gasteiger partial charge in [-0.2, -0.15) is 0 Å². The molecule has 1 atom stereocenters. The molecular formula is C15H16N2O4. The van der Waals surface area contributed by atoms with Gasteiger partial charge >= 0.3 is 5.97 Å². The number of nitrogens with one attached hydrogen (secondary N) is 1. The number of hydrogen-bond acceptors (Lipinski definition) is 5. The molecule has 21 heavy (non-hydrogen) atoms. The molecule has 2 N–H and O–H groups in total. The summed E-state index contributed by atoms with van der Waals surface area (Å²) < 4.78 is 10.0. The van der Waals surface area contributed by atoms with Gasteiger partial charge in [0.05, 0.1) is 14.2 Å². The number of aromatic nitrogens is 1. The highest BCUT2D eigenvalue weighted by Gasteiger charge is 2.20. The van der Waals surface area contributed by atoms with Gasteiger partial charge in [0, 0.05) is 23.5 Å². The Morgan fingerprint density at radius 2 is 1.86 bits per heavy atom. The third kappa shape index (κ3) is 3.62. The number of aliphatic carboxylic acids is 1. The van der Waals surface area contributed by atoms with Gasteiger partial charge in [-0.15, -0.1) is 0 Å². The van der Waals surface area contributed by atoms with E-state index in [-0.39, 0.29) is 0 Å². The van der Waals surface area contributed by atoms with Crippen LogP contribution in [0.4, 0.5) is 5.69 Å². The van der Waals surface area contributed by atoms with E-state index < -0.39 is 12.0 Å². The molecule has 0 fully saturated rings. The smallest absolute Gasteiger partial charge is 0.330 e. The summed E-state index contributed by atoms with van der Waals surface area (Å²) in [4.78, 5) is 15.5. The van der Waals surface area contributed by atoms with Crippen LogP contribution in [0.5, 0.6) is 11.6 Å². The van der Waals surface area contributed by atoms with Crippen LogP contribution in [-0.2, 0) is 4.79 Å². The maximum absolute atomic E-state index is 11.4. The van der Waals surface area contributed by atoms with Crippen molar-refractivity contribution in [3.63, 3.8) is 0 Å².